The minimum Gasteiger partial charge on any atom is -0.365 e. The fourth-order valence-electron chi connectivity index (χ4n) is 2.87. The number of alkyl halides is 3. The molecule has 1 N–H and O–H groups in total. The normalized spacial score (nSPS) is 11.4. The number of rotatable bonds is 4. The smallest absolute Gasteiger partial charge is 0.365 e. The van der Waals surface area contributed by atoms with Gasteiger partial charge in [0.2, 0.25) is 0 Å². The van der Waals surface area contributed by atoms with Crippen LogP contribution in [0.25, 0.3) is 16.9 Å². The molecule has 0 atom stereocenters. The zero-order valence-electron chi connectivity index (χ0n) is 14.9. The Hall–Kier alpha value is -3.93. The van der Waals surface area contributed by atoms with Gasteiger partial charge in [-0.1, -0.05) is 12.1 Å². The highest BCUT2D eigenvalue weighted by Crippen LogP contribution is 2.29. The first-order chi connectivity index (χ1) is 13.9. The molecule has 2 aromatic heterocycles. The van der Waals surface area contributed by atoms with Crippen LogP contribution >= 0.6 is 0 Å². The van der Waals surface area contributed by atoms with Crippen molar-refractivity contribution in [1.82, 2.24) is 19.5 Å². The van der Waals surface area contributed by atoms with Crippen LogP contribution in [-0.4, -0.2) is 19.5 Å². The lowest BCUT2D eigenvalue weighted by Crippen LogP contribution is -2.08. The number of nitriles is 1. The molecule has 0 saturated carbocycles. The maximum atomic E-state index is 12.9. The van der Waals surface area contributed by atoms with E-state index in [0.29, 0.717) is 33.8 Å². The first-order valence-corrected chi connectivity index (χ1v) is 8.54. The molecule has 0 amide bonds. The highest BCUT2D eigenvalue weighted by molar-refractivity contribution is 5.78. The summed E-state index contributed by atoms with van der Waals surface area (Å²) in [5, 5.41) is 12.1. The van der Waals surface area contributed by atoms with Gasteiger partial charge in [-0.15, -0.1) is 0 Å². The number of anilines is 1. The third kappa shape index (κ3) is 3.87. The number of imidazole rings is 1. The molecule has 4 rings (SSSR count). The largest absolute Gasteiger partial charge is 0.416 e. The number of fused-ring (bicyclic) bond motifs is 1. The number of aromatic nitrogens is 4. The van der Waals surface area contributed by atoms with E-state index in [1.165, 1.54) is 18.5 Å². The van der Waals surface area contributed by atoms with Crippen molar-refractivity contribution in [1.29, 1.82) is 5.26 Å². The van der Waals surface area contributed by atoms with Crippen molar-refractivity contribution in [2.24, 2.45) is 0 Å². The van der Waals surface area contributed by atoms with E-state index in [9.17, 15) is 13.2 Å². The molecule has 2 heterocycles. The van der Waals surface area contributed by atoms with Crippen LogP contribution < -0.4 is 5.32 Å². The molecule has 0 aliphatic heterocycles. The Labute approximate surface area is 163 Å². The van der Waals surface area contributed by atoms with Crippen LogP contribution in [0.4, 0.5) is 19.0 Å². The first-order valence-electron chi connectivity index (χ1n) is 8.54. The molecule has 29 heavy (non-hydrogen) atoms. The molecule has 0 spiro atoms. The lowest BCUT2D eigenvalue weighted by atomic mass is 10.1. The molecule has 6 nitrogen and oxygen atoms in total. The highest BCUT2D eigenvalue weighted by Gasteiger charge is 2.30. The second-order valence-electron chi connectivity index (χ2n) is 6.24. The van der Waals surface area contributed by atoms with Gasteiger partial charge in [-0.3, -0.25) is 9.55 Å². The summed E-state index contributed by atoms with van der Waals surface area (Å²) in [4.78, 5) is 12.9. The summed E-state index contributed by atoms with van der Waals surface area (Å²) >= 11 is 0. The number of benzene rings is 2. The maximum absolute atomic E-state index is 12.9. The Morgan fingerprint density at radius 2 is 1.97 bits per heavy atom. The lowest BCUT2D eigenvalue weighted by Gasteiger charge is -2.10. The van der Waals surface area contributed by atoms with Crippen molar-refractivity contribution in [3.8, 4) is 11.9 Å². The minimum absolute atomic E-state index is 0.158. The summed E-state index contributed by atoms with van der Waals surface area (Å²) in [7, 11) is 0. The molecule has 0 radical (unpaired) electrons. The van der Waals surface area contributed by atoms with Crippen molar-refractivity contribution in [2.45, 2.75) is 12.7 Å². The average Bonchev–Trinajstić information content (AvgIpc) is 3.15. The second-order valence-corrected chi connectivity index (χ2v) is 6.24. The van der Waals surface area contributed by atoms with E-state index in [2.05, 4.69) is 26.3 Å². The monoisotopic (exact) mass is 394 g/mol. The molecule has 144 valence electrons. The number of halogens is 3. The number of nitrogens with zero attached hydrogens (tertiary/aromatic N) is 5. The van der Waals surface area contributed by atoms with E-state index in [-0.39, 0.29) is 6.54 Å². The maximum Gasteiger partial charge on any atom is 0.416 e. The molecule has 4 aromatic rings. The zero-order valence-corrected chi connectivity index (χ0v) is 14.9. The number of hydrogen-bond acceptors (Lipinski definition) is 5. The SMILES string of the molecule is N#Cc1ccc2ncn(-c3cncc(NCc4cccc(C(F)(F)F)c4)n3)c2c1. The van der Waals surface area contributed by atoms with Crippen LogP contribution in [0, 0.1) is 11.3 Å². The molecular formula is C20H13F3N6. The van der Waals surface area contributed by atoms with Crippen LogP contribution in [-0.2, 0) is 12.7 Å². The van der Waals surface area contributed by atoms with E-state index in [1.54, 1.807) is 35.2 Å². The van der Waals surface area contributed by atoms with Crippen LogP contribution in [0.3, 0.4) is 0 Å². The number of nitrogens with one attached hydrogen (secondary N) is 1. The van der Waals surface area contributed by atoms with Gasteiger partial charge < -0.3 is 5.32 Å². The predicted molar refractivity (Wildman–Crippen MR) is 100 cm³/mol. The second kappa shape index (κ2) is 7.24. The van der Waals surface area contributed by atoms with Crippen molar-refractivity contribution < 1.29 is 13.2 Å². The quantitative estimate of drug-likeness (QED) is 0.558. The highest BCUT2D eigenvalue weighted by atomic mass is 19.4. The molecule has 9 heteroatoms. The molecular weight excluding hydrogens is 381 g/mol. The lowest BCUT2D eigenvalue weighted by molar-refractivity contribution is -0.137. The van der Waals surface area contributed by atoms with Crippen LogP contribution in [0.1, 0.15) is 16.7 Å². The van der Waals surface area contributed by atoms with Crippen molar-refractivity contribution in [3.63, 3.8) is 0 Å². The minimum atomic E-state index is -4.39. The Morgan fingerprint density at radius 3 is 2.76 bits per heavy atom. The summed E-state index contributed by atoms with van der Waals surface area (Å²) in [6, 6.07) is 12.3. The van der Waals surface area contributed by atoms with Crippen molar-refractivity contribution >= 4 is 16.9 Å². The topological polar surface area (TPSA) is 79.4 Å². The molecule has 0 fully saturated rings. The molecule has 2 aromatic carbocycles. The van der Waals surface area contributed by atoms with Crippen molar-refractivity contribution in [2.75, 3.05) is 5.32 Å². The molecule has 0 saturated heterocycles. The predicted octanol–water partition coefficient (Wildman–Crippen LogP) is 4.32. The molecule has 0 unspecified atom stereocenters. The van der Waals surface area contributed by atoms with E-state index in [0.717, 1.165) is 12.1 Å². The van der Waals surface area contributed by atoms with Crippen molar-refractivity contribution in [3.05, 3.63) is 77.9 Å². The van der Waals surface area contributed by atoms with Gasteiger partial charge in [-0.25, -0.2) is 9.97 Å². The van der Waals surface area contributed by atoms with E-state index in [4.69, 9.17) is 5.26 Å². The molecule has 0 bridgehead atoms. The third-order valence-corrected chi connectivity index (χ3v) is 4.27. The third-order valence-electron chi connectivity index (χ3n) is 4.27. The van der Waals surface area contributed by atoms with E-state index in [1.807, 2.05) is 0 Å². The Kier molecular flexibility index (Phi) is 4.60. The van der Waals surface area contributed by atoms with Gasteiger partial charge in [0.15, 0.2) is 5.82 Å². The molecule has 0 aliphatic carbocycles. The average molecular weight is 394 g/mol. The Morgan fingerprint density at radius 1 is 1.10 bits per heavy atom. The fraction of sp³-hybridized carbons (Fsp3) is 0.100. The number of hydrogen-bond donors (Lipinski definition) is 1. The van der Waals surface area contributed by atoms with Gasteiger partial charge in [0.1, 0.15) is 12.1 Å². The van der Waals surface area contributed by atoms with Crippen LogP contribution in [0.5, 0.6) is 0 Å². The standard InChI is InChI=1S/C20H13F3N6/c21-20(22,23)15-3-1-2-14(6-15)9-26-18-10-25-11-19(28-18)29-12-27-16-5-4-13(8-24)7-17(16)29/h1-7,10-12H,9H2,(H,26,28). The summed E-state index contributed by atoms with van der Waals surface area (Å²) in [5.74, 6) is 0.870. The summed E-state index contributed by atoms with van der Waals surface area (Å²) < 4.78 is 40.2. The Balaban J connectivity index is 1.58. The van der Waals surface area contributed by atoms with E-state index < -0.39 is 11.7 Å². The van der Waals surface area contributed by atoms with Crippen LogP contribution in [0.2, 0.25) is 0 Å². The molecule has 0 aliphatic rings. The zero-order chi connectivity index (χ0) is 20.4. The Bertz CT molecular complexity index is 1220. The van der Waals surface area contributed by atoms with Gasteiger partial charge in [0.05, 0.1) is 40.6 Å². The van der Waals surface area contributed by atoms with Gasteiger partial charge in [-0.05, 0) is 35.9 Å². The van der Waals surface area contributed by atoms with E-state index >= 15 is 0 Å². The van der Waals surface area contributed by atoms with Gasteiger partial charge in [-0.2, -0.15) is 18.4 Å². The fourth-order valence-corrected chi connectivity index (χ4v) is 2.87. The summed E-state index contributed by atoms with van der Waals surface area (Å²) in [6.45, 7) is 0.158. The van der Waals surface area contributed by atoms with Gasteiger partial charge in [0, 0.05) is 6.54 Å². The first kappa shape index (κ1) is 18.4. The van der Waals surface area contributed by atoms with Gasteiger partial charge in [0.25, 0.3) is 0 Å². The summed E-state index contributed by atoms with van der Waals surface area (Å²) in [6.07, 6.45) is 0.208. The van der Waals surface area contributed by atoms with Crippen LogP contribution in [0.15, 0.2) is 61.2 Å². The summed E-state index contributed by atoms with van der Waals surface area (Å²) in [5.41, 5.74) is 1.67. The van der Waals surface area contributed by atoms with Gasteiger partial charge >= 0.3 is 6.18 Å².